The van der Waals surface area contributed by atoms with E-state index in [0.29, 0.717) is 17.0 Å². The van der Waals surface area contributed by atoms with Gasteiger partial charge in [0.05, 0.1) is 0 Å². The third kappa shape index (κ3) is 3.26. The second-order valence-electron chi connectivity index (χ2n) is 6.47. The fourth-order valence-electron chi connectivity index (χ4n) is 2.68. The molecule has 3 aromatic rings. The van der Waals surface area contributed by atoms with E-state index in [-0.39, 0.29) is 17.8 Å². The Kier molecular flexibility index (Phi) is 3.87. The first kappa shape index (κ1) is 16.2. The van der Waals surface area contributed by atoms with Crippen molar-refractivity contribution in [2.75, 3.05) is 5.32 Å². The first-order chi connectivity index (χ1) is 12.5. The summed E-state index contributed by atoms with van der Waals surface area (Å²) in [6, 6.07) is 8.94. The summed E-state index contributed by atoms with van der Waals surface area (Å²) in [7, 11) is 0. The number of hydrogen-bond donors (Lipinski definition) is 2. The van der Waals surface area contributed by atoms with Gasteiger partial charge in [0.2, 0.25) is 5.82 Å². The highest BCUT2D eigenvalue weighted by atomic mass is 16.2. The number of nitrogens with one attached hydrogen (secondary N) is 2. The van der Waals surface area contributed by atoms with Gasteiger partial charge in [-0.25, -0.2) is 9.50 Å². The van der Waals surface area contributed by atoms with E-state index >= 15 is 0 Å². The molecule has 0 saturated heterocycles. The Bertz CT molecular complexity index is 1020. The summed E-state index contributed by atoms with van der Waals surface area (Å²) in [5, 5.41) is 9.86. The molecule has 1 aliphatic carbocycles. The largest absolute Gasteiger partial charge is 0.349 e. The number of fused-ring (bicyclic) bond motifs is 1. The van der Waals surface area contributed by atoms with Crippen molar-refractivity contribution < 1.29 is 9.59 Å². The molecule has 8 nitrogen and oxygen atoms in total. The summed E-state index contributed by atoms with van der Waals surface area (Å²) in [6.07, 6.45) is 2.04. The molecule has 1 saturated carbocycles. The normalized spacial score (nSPS) is 13.6. The number of aryl methyl sites for hydroxylation is 2. The molecular formula is C18H18N6O2. The zero-order chi connectivity index (χ0) is 18.3. The molecule has 0 radical (unpaired) electrons. The molecule has 0 aliphatic heterocycles. The zero-order valence-electron chi connectivity index (χ0n) is 14.5. The van der Waals surface area contributed by atoms with Crippen molar-refractivity contribution in [2.45, 2.75) is 32.7 Å². The Hall–Kier alpha value is -3.29. The number of carbonyl (C=O) groups is 2. The Morgan fingerprint density at radius 2 is 1.92 bits per heavy atom. The number of benzene rings is 1. The first-order valence-electron chi connectivity index (χ1n) is 8.43. The van der Waals surface area contributed by atoms with Crippen LogP contribution in [0.15, 0.2) is 30.3 Å². The molecule has 132 valence electrons. The van der Waals surface area contributed by atoms with E-state index in [9.17, 15) is 9.59 Å². The Morgan fingerprint density at radius 3 is 2.69 bits per heavy atom. The summed E-state index contributed by atoms with van der Waals surface area (Å²) in [5.41, 5.74) is 2.67. The van der Waals surface area contributed by atoms with Crippen molar-refractivity contribution in [3.05, 3.63) is 53.1 Å². The van der Waals surface area contributed by atoms with Crippen molar-refractivity contribution in [3.8, 4) is 0 Å². The molecule has 1 fully saturated rings. The molecule has 2 aromatic heterocycles. The van der Waals surface area contributed by atoms with E-state index in [0.717, 1.165) is 24.2 Å². The van der Waals surface area contributed by atoms with Crippen molar-refractivity contribution >= 4 is 23.3 Å². The molecule has 2 heterocycles. The van der Waals surface area contributed by atoms with Crippen LogP contribution in [0, 0.1) is 13.8 Å². The monoisotopic (exact) mass is 350 g/mol. The first-order valence-corrected chi connectivity index (χ1v) is 8.43. The van der Waals surface area contributed by atoms with Gasteiger partial charge in [0.15, 0.2) is 0 Å². The van der Waals surface area contributed by atoms with E-state index in [2.05, 4.69) is 25.7 Å². The van der Waals surface area contributed by atoms with Crippen molar-refractivity contribution in [1.82, 2.24) is 24.9 Å². The molecule has 2 N–H and O–H groups in total. The van der Waals surface area contributed by atoms with Gasteiger partial charge in [-0.1, -0.05) is 6.07 Å². The van der Waals surface area contributed by atoms with Crippen LogP contribution in [0.5, 0.6) is 0 Å². The Morgan fingerprint density at radius 1 is 1.12 bits per heavy atom. The average Bonchev–Trinajstić information content (AvgIpc) is 3.30. The number of amides is 2. The van der Waals surface area contributed by atoms with Gasteiger partial charge in [0, 0.05) is 28.7 Å². The fourth-order valence-corrected chi connectivity index (χ4v) is 2.68. The van der Waals surface area contributed by atoms with Gasteiger partial charge in [-0.2, -0.15) is 4.98 Å². The number of rotatable bonds is 4. The SMILES string of the molecule is Cc1cc(C)n2nc(C(=O)Nc3cccc(C(=O)NC4CC4)c3)nc2n1. The van der Waals surface area contributed by atoms with Gasteiger partial charge in [0.1, 0.15) is 0 Å². The average molecular weight is 350 g/mol. The quantitative estimate of drug-likeness (QED) is 0.748. The van der Waals surface area contributed by atoms with Crippen LogP contribution >= 0.6 is 0 Å². The van der Waals surface area contributed by atoms with E-state index in [4.69, 9.17) is 0 Å². The standard InChI is InChI=1S/C18H18N6O2/c1-10-8-11(2)24-18(19-10)22-15(23-24)17(26)21-14-5-3-4-12(9-14)16(25)20-13-6-7-13/h3-5,8-9,13H,6-7H2,1-2H3,(H,20,25)(H,21,26). The fraction of sp³-hybridized carbons (Fsp3) is 0.278. The lowest BCUT2D eigenvalue weighted by Gasteiger charge is -2.06. The summed E-state index contributed by atoms with van der Waals surface area (Å²) in [5.74, 6) is -0.179. The van der Waals surface area contributed by atoms with Crippen LogP contribution in [-0.2, 0) is 0 Å². The van der Waals surface area contributed by atoms with E-state index < -0.39 is 5.91 Å². The molecule has 0 unspecified atom stereocenters. The highest BCUT2D eigenvalue weighted by Gasteiger charge is 2.24. The van der Waals surface area contributed by atoms with Crippen molar-refractivity contribution in [1.29, 1.82) is 0 Å². The van der Waals surface area contributed by atoms with Crippen molar-refractivity contribution in [3.63, 3.8) is 0 Å². The predicted molar refractivity (Wildman–Crippen MR) is 95.1 cm³/mol. The van der Waals surface area contributed by atoms with Crippen molar-refractivity contribution in [2.24, 2.45) is 0 Å². The van der Waals surface area contributed by atoms with E-state index in [1.165, 1.54) is 4.52 Å². The highest BCUT2D eigenvalue weighted by Crippen LogP contribution is 2.20. The van der Waals surface area contributed by atoms with Gasteiger partial charge in [-0.05, 0) is 51.0 Å². The number of nitrogens with zero attached hydrogens (tertiary/aromatic N) is 4. The maximum Gasteiger partial charge on any atom is 0.295 e. The summed E-state index contributed by atoms with van der Waals surface area (Å²) in [4.78, 5) is 33.1. The molecule has 8 heteroatoms. The lowest BCUT2D eigenvalue weighted by molar-refractivity contribution is 0.0949. The summed E-state index contributed by atoms with van der Waals surface area (Å²) < 4.78 is 1.53. The summed E-state index contributed by atoms with van der Waals surface area (Å²) >= 11 is 0. The second kappa shape index (κ2) is 6.21. The molecule has 0 bridgehead atoms. The molecule has 26 heavy (non-hydrogen) atoms. The van der Waals surface area contributed by atoms with Crippen LogP contribution in [0.3, 0.4) is 0 Å². The van der Waals surface area contributed by atoms with Gasteiger partial charge in [0.25, 0.3) is 17.6 Å². The Balaban J connectivity index is 1.54. The second-order valence-corrected chi connectivity index (χ2v) is 6.47. The highest BCUT2D eigenvalue weighted by molar-refractivity contribution is 6.03. The van der Waals surface area contributed by atoms with Gasteiger partial charge < -0.3 is 10.6 Å². The van der Waals surface area contributed by atoms with E-state index in [1.807, 2.05) is 19.9 Å². The minimum atomic E-state index is -0.452. The number of hydrogen-bond acceptors (Lipinski definition) is 5. The number of anilines is 1. The third-order valence-corrected chi connectivity index (χ3v) is 4.12. The number of carbonyl (C=O) groups excluding carboxylic acids is 2. The Labute approximate surface area is 149 Å². The smallest absolute Gasteiger partial charge is 0.295 e. The minimum Gasteiger partial charge on any atom is -0.349 e. The summed E-state index contributed by atoms with van der Waals surface area (Å²) in [6.45, 7) is 3.74. The van der Waals surface area contributed by atoms with Gasteiger partial charge in [-0.15, -0.1) is 5.10 Å². The maximum absolute atomic E-state index is 12.5. The van der Waals surface area contributed by atoms with Crippen LogP contribution in [0.25, 0.3) is 5.78 Å². The molecule has 1 aliphatic rings. The minimum absolute atomic E-state index is 0.0269. The number of aromatic nitrogens is 4. The molecule has 2 amide bonds. The third-order valence-electron chi connectivity index (χ3n) is 4.12. The lowest BCUT2D eigenvalue weighted by atomic mass is 10.2. The van der Waals surface area contributed by atoms with Crippen LogP contribution in [0.4, 0.5) is 5.69 Å². The van der Waals surface area contributed by atoms with Crippen LogP contribution in [-0.4, -0.2) is 37.4 Å². The molecule has 0 spiro atoms. The van der Waals surface area contributed by atoms with Crippen LogP contribution < -0.4 is 10.6 Å². The molecule has 1 aromatic carbocycles. The predicted octanol–water partition coefficient (Wildman–Crippen LogP) is 1.89. The molecular weight excluding hydrogens is 332 g/mol. The topological polar surface area (TPSA) is 101 Å². The zero-order valence-corrected chi connectivity index (χ0v) is 14.5. The van der Waals surface area contributed by atoms with Crippen LogP contribution in [0.1, 0.15) is 45.2 Å². The van der Waals surface area contributed by atoms with E-state index in [1.54, 1.807) is 24.3 Å². The molecule has 0 atom stereocenters. The van der Waals surface area contributed by atoms with Crippen LogP contribution in [0.2, 0.25) is 0 Å². The maximum atomic E-state index is 12.5. The lowest BCUT2D eigenvalue weighted by Crippen LogP contribution is -2.25. The van der Waals surface area contributed by atoms with Gasteiger partial charge in [-0.3, -0.25) is 9.59 Å². The van der Waals surface area contributed by atoms with Gasteiger partial charge >= 0.3 is 0 Å². The molecule has 4 rings (SSSR count).